The molecule has 2 aliphatic heterocycles. The highest BCUT2D eigenvalue weighted by Gasteiger charge is 2.27. The van der Waals surface area contributed by atoms with Crippen molar-refractivity contribution < 1.29 is 9.13 Å². The summed E-state index contributed by atoms with van der Waals surface area (Å²) in [5.41, 5.74) is 0.839. The highest BCUT2D eigenvalue weighted by molar-refractivity contribution is 14.0. The number of nitriles is 1. The average Bonchev–Trinajstić information content (AvgIpc) is 3.15. The summed E-state index contributed by atoms with van der Waals surface area (Å²) in [5.74, 6) is 1.09. The van der Waals surface area contributed by atoms with Crippen LogP contribution < -0.4 is 5.32 Å². The Morgan fingerprint density at radius 3 is 2.82 bits per heavy atom. The number of morpholine rings is 1. The average molecular weight is 501 g/mol. The van der Waals surface area contributed by atoms with Crippen LogP contribution in [-0.4, -0.2) is 68.2 Å². The number of aliphatic imine (C=N–C) groups is 1. The van der Waals surface area contributed by atoms with Crippen LogP contribution in [0, 0.1) is 23.1 Å². The molecule has 28 heavy (non-hydrogen) atoms. The van der Waals surface area contributed by atoms with Crippen LogP contribution in [0.4, 0.5) is 4.39 Å². The largest absolute Gasteiger partial charge is 0.379 e. The second-order valence-electron chi connectivity index (χ2n) is 7.10. The molecule has 2 heterocycles. The highest BCUT2D eigenvalue weighted by atomic mass is 127. The van der Waals surface area contributed by atoms with E-state index in [1.165, 1.54) is 6.07 Å². The summed E-state index contributed by atoms with van der Waals surface area (Å²) in [7, 11) is 0. The van der Waals surface area contributed by atoms with Crippen molar-refractivity contribution in [3.8, 4) is 6.07 Å². The van der Waals surface area contributed by atoms with Gasteiger partial charge in [0.1, 0.15) is 5.82 Å². The Bertz CT molecular complexity index is 702. The van der Waals surface area contributed by atoms with Crippen LogP contribution in [0.2, 0.25) is 0 Å². The summed E-state index contributed by atoms with van der Waals surface area (Å²) in [5, 5.41) is 12.2. The van der Waals surface area contributed by atoms with E-state index in [0.717, 1.165) is 64.9 Å². The Balaban J connectivity index is 0.00000280. The molecule has 2 saturated heterocycles. The topological polar surface area (TPSA) is 63.9 Å². The Morgan fingerprint density at radius 1 is 1.36 bits per heavy atom. The lowest BCUT2D eigenvalue weighted by atomic mass is 10.1. The lowest BCUT2D eigenvalue weighted by molar-refractivity contribution is 0.0315. The van der Waals surface area contributed by atoms with Crippen LogP contribution in [0.25, 0.3) is 0 Å². The fourth-order valence-electron chi connectivity index (χ4n) is 3.65. The van der Waals surface area contributed by atoms with E-state index in [-0.39, 0.29) is 36.3 Å². The van der Waals surface area contributed by atoms with Crippen molar-refractivity contribution in [2.24, 2.45) is 10.9 Å². The van der Waals surface area contributed by atoms with E-state index < -0.39 is 0 Å². The Labute approximate surface area is 183 Å². The van der Waals surface area contributed by atoms with Gasteiger partial charge in [0.25, 0.3) is 0 Å². The van der Waals surface area contributed by atoms with Gasteiger partial charge in [-0.25, -0.2) is 9.38 Å². The molecule has 2 aliphatic rings. The maximum atomic E-state index is 14.1. The summed E-state index contributed by atoms with van der Waals surface area (Å²) in [6.07, 6.45) is 1.15. The lowest BCUT2D eigenvalue weighted by Crippen LogP contribution is -2.42. The monoisotopic (exact) mass is 501 g/mol. The van der Waals surface area contributed by atoms with Crippen molar-refractivity contribution in [3.63, 3.8) is 0 Å². The third-order valence-electron chi connectivity index (χ3n) is 5.12. The number of likely N-dealkylation sites (tertiary alicyclic amines) is 1. The van der Waals surface area contributed by atoms with Gasteiger partial charge in [-0.05, 0) is 31.4 Å². The van der Waals surface area contributed by atoms with E-state index >= 15 is 0 Å². The molecule has 0 bridgehead atoms. The standard InChI is InChI=1S/C20H28FN5O.HI/c1-2-23-20(24-13-18-4-3-16(12-22)11-19(18)21)26-6-5-17(15-26)14-25-7-9-27-10-8-25;/h3-4,11,17H,2,5-10,13-15H2,1H3,(H,23,24);1H. The van der Waals surface area contributed by atoms with Crippen LogP contribution >= 0.6 is 24.0 Å². The van der Waals surface area contributed by atoms with Crippen molar-refractivity contribution in [1.29, 1.82) is 5.26 Å². The lowest BCUT2D eigenvalue weighted by Gasteiger charge is -2.29. The fourth-order valence-corrected chi connectivity index (χ4v) is 3.65. The minimum atomic E-state index is -0.375. The molecule has 0 aromatic heterocycles. The molecule has 154 valence electrons. The first-order chi connectivity index (χ1) is 13.2. The molecule has 0 saturated carbocycles. The Hall–Kier alpha value is -1.44. The zero-order valence-corrected chi connectivity index (χ0v) is 18.7. The Kier molecular flexibility index (Phi) is 9.41. The molecule has 1 unspecified atom stereocenters. The van der Waals surface area contributed by atoms with Crippen molar-refractivity contribution in [1.82, 2.24) is 15.1 Å². The van der Waals surface area contributed by atoms with Gasteiger partial charge in [0.05, 0.1) is 31.4 Å². The number of guanidine groups is 1. The van der Waals surface area contributed by atoms with Gasteiger partial charge in [-0.3, -0.25) is 4.90 Å². The molecule has 0 amide bonds. The minimum Gasteiger partial charge on any atom is -0.379 e. The number of nitrogens with one attached hydrogen (secondary N) is 1. The third-order valence-corrected chi connectivity index (χ3v) is 5.12. The van der Waals surface area contributed by atoms with Gasteiger partial charge in [0.15, 0.2) is 5.96 Å². The van der Waals surface area contributed by atoms with Gasteiger partial charge >= 0.3 is 0 Å². The van der Waals surface area contributed by atoms with Crippen LogP contribution in [0.1, 0.15) is 24.5 Å². The molecular formula is C20H29FIN5O. The normalized spacial score (nSPS) is 20.5. The zero-order valence-electron chi connectivity index (χ0n) is 16.4. The second kappa shape index (κ2) is 11.5. The van der Waals surface area contributed by atoms with Crippen LogP contribution in [0.5, 0.6) is 0 Å². The summed E-state index contributed by atoms with van der Waals surface area (Å²) >= 11 is 0. The van der Waals surface area contributed by atoms with Crippen molar-refractivity contribution in [3.05, 3.63) is 35.1 Å². The molecule has 0 spiro atoms. The Morgan fingerprint density at radius 2 is 2.14 bits per heavy atom. The molecule has 2 fully saturated rings. The first-order valence-corrected chi connectivity index (χ1v) is 9.71. The summed E-state index contributed by atoms with van der Waals surface area (Å²) in [6.45, 7) is 9.82. The molecule has 3 rings (SSSR count). The quantitative estimate of drug-likeness (QED) is 0.382. The minimum absolute atomic E-state index is 0. The number of nitrogens with zero attached hydrogens (tertiary/aromatic N) is 4. The number of hydrogen-bond donors (Lipinski definition) is 1. The number of hydrogen-bond acceptors (Lipinski definition) is 4. The van der Waals surface area contributed by atoms with E-state index in [2.05, 4.69) is 20.1 Å². The third kappa shape index (κ3) is 6.29. The summed E-state index contributed by atoms with van der Waals surface area (Å²) in [4.78, 5) is 9.39. The smallest absolute Gasteiger partial charge is 0.194 e. The SMILES string of the molecule is CCNC(=NCc1ccc(C#N)cc1F)N1CCC(CN2CCOCC2)C1.I. The van der Waals surface area contributed by atoms with Crippen molar-refractivity contribution in [2.75, 3.05) is 52.5 Å². The molecule has 0 radical (unpaired) electrons. The second-order valence-corrected chi connectivity index (χ2v) is 7.10. The molecular weight excluding hydrogens is 472 g/mol. The number of rotatable bonds is 5. The van der Waals surface area contributed by atoms with E-state index in [4.69, 9.17) is 10.00 Å². The van der Waals surface area contributed by atoms with E-state index in [9.17, 15) is 4.39 Å². The van der Waals surface area contributed by atoms with Gasteiger partial charge < -0.3 is 15.0 Å². The van der Waals surface area contributed by atoms with E-state index in [1.54, 1.807) is 12.1 Å². The molecule has 1 aromatic carbocycles. The first-order valence-electron chi connectivity index (χ1n) is 9.71. The predicted molar refractivity (Wildman–Crippen MR) is 118 cm³/mol. The van der Waals surface area contributed by atoms with E-state index in [1.807, 2.05) is 13.0 Å². The molecule has 0 aliphatic carbocycles. The maximum Gasteiger partial charge on any atom is 0.194 e. The van der Waals surface area contributed by atoms with E-state index in [0.29, 0.717) is 17.0 Å². The van der Waals surface area contributed by atoms with Crippen molar-refractivity contribution in [2.45, 2.75) is 19.9 Å². The molecule has 6 nitrogen and oxygen atoms in total. The summed E-state index contributed by atoms with van der Waals surface area (Å²) in [6, 6.07) is 6.50. The van der Waals surface area contributed by atoms with Crippen LogP contribution in [0.15, 0.2) is 23.2 Å². The highest BCUT2D eigenvalue weighted by Crippen LogP contribution is 2.19. The van der Waals surface area contributed by atoms with Gasteiger partial charge in [-0.1, -0.05) is 6.07 Å². The molecule has 8 heteroatoms. The first kappa shape index (κ1) is 22.8. The van der Waals surface area contributed by atoms with Crippen LogP contribution in [-0.2, 0) is 11.3 Å². The zero-order chi connectivity index (χ0) is 19.1. The van der Waals surface area contributed by atoms with Crippen molar-refractivity contribution >= 4 is 29.9 Å². The van der Waals surface area contributed by atoms with Gasteiger partial charge in [0, 0.05) is 44.8 Å². The predicted octanol–water partition coefficient (Wildman–Crippen LogP) is 2.43. The van der Waals surface area contributed by atoms with Gasteiger partial charge in [-0.2, -0.15) is 5.26 Å². The number of benzene rings is 1. The van der Waals surface area contributed by atoms with Gasteiger partial charge in [0.2, 0.25) is 0 Å². The van der Waals surface area contributed by atoms with Crippen LogP contribution in [0.3, 0.4) is 0 Å². The number of ether oxygens (including phenoxy) is 1. The molecule has 1 N–H and O–H groups in total. The number of halogens is 2. The molecule has 1 atom stereocenters. The molecule has 1 aromatic rings. The van der Waals surface area contributed by atoms with Gasteiger partial charge in [-0.15, -0.1) is 24.0 Å². The fraction of sp³-hybridized carbons (Fsp3) is 0.600. The maximum absolute atomic E-state index is 14.1. The summed E-state index contributed by atoms with van der Waals surface area (Å²) < 4.78 is 19.5.